The normalized spacial score (nSPS) is 9.95. The van der Waals surface area contributed by atoms with Crippen molar-refractivity contribution in [2.45, 2.75) is 20.0 Å². The predicted molar refractivity (Wildman–Crippen MR) is 78.4 cm³/mol. The predicted octanol–water partition coefficient (Wildman–Crippen LogP) is 3.51. The smallest absolute Gasteiger partial charge is 0.126 e. The lowest BCUT2D eigenvalue weighted by molar-refractivity contribution is 0.305. The summed E-state index contributed by atoms with van der Waals surface area (Å²) >= 11 is 1.55. The van der Waals surface area contributed by atoms with E-state index in [2.05, 4.69) is 11.8 Å². The first-order valence-electron chi connectivity index (χ1n) is 6.25. The lowest BCUT2D eigenvalue weighted by Gasteiger charge is -2.08. The quantitative estimate of drug-likeness (QED) is 0.873. The van der Waals surface area contributed by atoms with Crippen LogP contribution in [0.1, 0.15) is 22.4 Å². The molecule has 0 unspecified atom stereocenters. The zero-order valence-electron chi connectivity index (χ0n) is 11.1. The molecule has 1 N–H and O–H groups in total. The second-order valence-electron chi connectivity index (χ2n) is 4.23. The van der Waals surface area contributed by atoms with Gasteiger partial charge in [0.2, 0.25) is 0 Å². The van der Waals surface area contributed by atoms with Gasteiger partial charge in [-0.1, -0.05) is 17.9 Å². The van der Waals surface area contributed by atoms with E-state index < -0.39 is 0 Å². The molecule has 20 heavy (non-hydrogen) atoms. The monoisotopic (exact) mass is 290 g/mol. The van der Waals surface area contributed by atoms with Crippen molar-refractivity contribution >= 4 is 11.3 Å². The first-order valence-corrected chi connectivity index (χ1v) is 7.13. The number of halogens is 1. The van der Waals surface area contributed by atoms with Gasteiger partial charge in [-0.15, -0.1) is 11.3 Å². The third-order valence-corrected chi connectivity index (χ3v) is 3.61. The Bertz CT molecular complexity index is 637. The molecule has 4 heteroatoms. The molecular weight excluding hydrogens is 275 g/mol. The molecule has 0 saturated heterocycles. The number of aryl methyl sites for hydroxylation is 1. The molecule has 0 aliphatic carbocycles. The lowest BCUT2D eigenvalue weighted by atomic mass is 10.2. The Morgan fingerprint density at radius 3 is 3.00 bits per heavy atom. The highest BCUT2D eigenvalue weighted by Crippen LogP contribution is 2.23. The second-order valence-corrected chi connectivity index (χ2v) is 5.23. The molecule has 2 aromatic rings. The number of hydrogen-bond acceptors (Lipinski definition) is 3. The summed E-state index contributed by atoms with van der Waals surface area (Å²) in [7, 11) is 0. The molecule has 0 aliphatic rings. The van der Waals surface area contributed by atoms with E-state index in [1.54, 1.807) is 17.4 Å². The summed E-state index contributed by atoms with van der Waals surface area (Å²) in [6, 6.07) is 6.42. The first kappa shape index (κ1) is 14.6. The Balaban J connectivity index is 2.06. The van der Waals surface area contributed by atoms with Crippen LogP contribution in [0.15, 0.2) is 29.6 Å². The van der Waals surface area contributed by atoms with Gasteiger partial charge in [0.25, 0.3) is 0 Å². The molecule has 1 aromatic heterocycles. The van der Waals surface area contributed by atoms with E-state index in [1.807, 2.05) is 18.4 Å². The lowest BCUT2D eigenvalue weighted by Crippen LogP contribution is -1.97. The van der Waals surface area contributed by atoms with E-state index in [1.165, 1.54) is 12.1 Å². The zero-order valence-corrected chi connectivity index (χ0v) is 12.0. The van der Waals surface area contributed by atoms with Gasteiger partial charge in [0.1, 0.15) is 18.2 Å². The average Bonchev–Trinajstić information content (AvgIpc) is 2.88. The number of aliphatic hydroxyl groups is 1. The molecule has 0 radical (unpaired) electrons. The van der Waals surface area contributed by atoms with Crippen molar-refractivity contribution in [2.24, 2.45) is 0 Å². The van der Waals surface area contributed by atoms with Crippen LogP contribution in [-0.4, -0.2) is 11.7 Å². The maximum atomic E-state index is 13.2. The number of hydrogen-bond donors (Lipinski definition) is 1. The van der Waals surface area contributed by atoms with Gasteiger partial charge in [-0.05, 0) is 30.0 Å². The van der Waals surface area contributed by atoms with E-state index >= 15 is 0 Å². The molecule has 2 nitrogen and oxygen atoms in total. The van der Waals surface area contributed by atoms with Crippen LogP contribution in [0.25, 0.3) is 0 Å². The second kappa shape index (κ2) is 7.09. The van der Waals surface area contributed by atoms with Crippen molar-refractivity contribution in [1.29, 1.82) is 0 Å². The summed E-state index contributed by atoms with van der Waals surface area (Å²) in [6.45, 7) is 2.31. The highest BCUT2D eigenvalue weighted by atomic mass is 32.1. The Labute approximate surface area is 121 Å². The van der Waals surface area contributed by atoms with E-state index in [0.717, 1.165) is 16.0 Å². The minimum Gasteiger partial charge on any atom is -0.488 e. The molecule has 104 valence electrons. The number of aliphatic hydroxyl groups excluding tert-OH is 1. The topological polar surface area (TPSA) is 29.5 Å². The summed E-state index contributed by atoms with van der Waals surface area (Å²) in [5.41, 5.74) is 1.80. The van der Waals surface area contributed by atoms with Crippen LogP contribution in [0.3, 0.4) is 0 Å². The largest absolute Gasteiger partial charge is 0.488 e. The SMILES string of the molecule is Cc1ccc(F)cc1OCc1sccc1C#CCCO. The Hall–Kier alpha value is -1.83. The Morgan fingerprint density at radius 1 is 1.35 bits per heavy atom. The van der Waals surface area contributed by atoms with Gasteiger partial charge in [-0.2, -0.15) is 0 Å². The van der Waals surface area contributed by atoms with Crippen LogP contribution in [0.4, 0.5) is 4.39 Å². The van der Waals surface area contributed by atoms with E-state index in [-0.39, 0.29) is 12.4 Å². The summed E-state index contributed by atoms with van der Waals surface area (Å²) < 4.78 is 18.8. The highest BCUT2D eigenvalue weighted by Gasteiger charge is 2.06. The van der Waals surface area contributed by atoms with Gasteiger partial charge < -0.3 is 9.84 Å². The van der Waals surface area contributed by atoms with Gasteiger partial charge in [-0.3, -0.25) is 0 Å². The van der Waals surface area contributed by atoms with E-state index in [9.17, 15) is 4.39 Å². The van der Waals surface area contributed by atoms with E-state index in [4.69, 9.17) is 9.84 Å². The van der Waals surface area contributed by atoms with Gasteiger partial charge in [0.05, 0.1) is 11.5 Å². The average molecular weight is 290 g/mol. The number of rotatable bonds is 4. The minimum absolute atomic E-state index is 0.0610. The van der Waals surface area contributed by atoms with Crippen LogP contribution in [0.5, 0.6) is 5.75 Å². The zero-order chi connectivity index (χ0) is 14.4. The highest BCUT2D eigenvalue weighted by molar-refractivity contribution is 7.10. The van der Waals surface area contributed by atoms with Gasteiger partial charge in [-0.25, -0.2) is 4.39 Å². The fourth-order valence-electron chi connectivity index (χ4n) is 1.65. The summed E-state index contributed by atoms with van der Waals surface area (Å²) in [6.07, 6.45) is 0.457. The maximum absolute atomic E-state index is 13.2. The van der Waals surface area contributed by atoms with Crippen LogP contribution in [0.2, 0.25) is 0 Å². The fourth-order valence-corrected chi connectivity index (χ4v) is 2.39. The number of thiophene rings is 1. The van der Waals surface area contributed by atoms with Crippen molar-refractivity contribution in [3.8, 4) is 17.6 Å². The molecule has 0 aliphatic heterocycles. The molecule has 0 spiro atoms. The van der Waals surface area contributed by atoms with Crippen molar-refractivity contribution in [1.82, 2.24) is 0 Å². The molecule has 0 fully saturated rings. The van der Waals surface area contributed by atoms with Crippen LogP contribution in [-0.2, 0) is 6.61 Å². The van der Waals surface area contributed by atoms with Crippen LogP contribution >= 0.6 is 11.3 Å². The molecular formula is C16H15FO2S. The minimum atomic E-state index is -0.306. The van der Waals surface area contributed by atoms with Crippen LogP contribution < -0.4 is 4.74 Å². The summed E-state index contributed by atoms with van der Waals surface area (Å²) in [5.74, 6) is 6.13. The molecule has 1 heterocycles. The molecule has 0 atom stereocenters. The number of ether oxygens (including phenoxy) is 1. The molecule has 2 rings (SSSR count). The Morgan fingerprint density at radius 2 is 2.20 bits per heavy atom. The number of benzene rings is 1. The fraction of sp³-hybridized carbons (Fsp3) is 0.250. The third kappa shape index (κ3) is 3.83. The van der Waals surface area contributed by atoms with Gasteiger partial charge in [0, 0.05) is 18.1 Å². The van der Waals surface area contributed by atoms with Gasteiger partial charge in [0.15, 0.2) is 0 Å². The first-order chi connectivity index (χ1) is 9.70. The van der Waals surface area contributed by atoms with Crippen molar-refractivity contribution in [3.05, 3.63) is 51.5 Å². The standard InChI is InChI=1S/C16H15FO2S/c1-12-5-6-14(17)10-15(12)19-11-16-13(7-9-20-16)4-2-3-8-18/h5-7,9-10,18H,3,8,11H2,1H3. The van der Waals surface area contributed by atoms with Crippen molar-refractivity contribution in [3.63, 3.8) is 0 Å². The van der Waals surface area contributed by atoms with Crippen molar-refractivity contribution < 1.29 is 14.2 Å². The van der Waals surface area contributed by atoms with E-state index in [0.29, 0.717) is 18.8 Å². The van der Waals surface area contributed by atoms with Crippen molar-refractivity contribution in [2.75, 3.05) is 6.61 Å². The maximum Gasteiger partial charge on any atom is 0.126 e. The van der Waals surface area contributed by atoms with Gasteiger partial charge >= 0.3 is 0 Å². The summed E-state index contributed by atoms with van der Waals surface area (Å²) in [4.78, 5) is 0.999. The summed E-state index contributed by atoms with van der Waals surface area (Å²) in [5, 5.41) is 10.7. The third-order valence-electron chi connectivity index (χ3n) is 2.71. The molecule has 0 bridgehead atoms. The molecule has 0 saturated carbocycles. The molecule has 0 amide bonds. The Kier molecular flexibility index (Phi) is 5.16. The molecule has 1 aromatic carbocycles. The van der Waals surface area contributed by atoms with Crippen LogP contribution in [0, 0.1) is 24.6 Å².